The van der Waals surface area contributed by atoms with Crippen LogP contribution in [0.15, 0.2) is 54.6 Å². The zero-order chi connectivity index (χ0) is 21.0. The summed E-state index contributed by atoms with van der Waals surface area (Å²) >= 11 is 0. The van der Waals surface area contributed by atoms with Crippen molar-refractivity contribution in [3.05, 3.63) is 71.5 Å². The molecule has 2 unspecified atom stereocenters. The van der Waals surface area contributed by atoms with Gasteiger partial charge < -0.3 is 9.80 Å². The van der Waals surface area contributed by atoms with Crippen molar-refractivity contribution in [1.82, 2.24) is 9.97 Å². The molecule has 3 heterocycles. The van der Waals surface area contributed by atoms with E-state index in [4.69, 9.17) is 9.97 Å². The third kappa shape index (κ3) is 2.52. The molecule has 0 amide bonds. The van der Waals surface area contributed by atoms with Crippen LogP contribution in [0, 0.1) is 5.92 Å². The molecule has 0 N–H and O–H groups in total. The third-order valence-electron chi connectivity index (χ3n) is 7.15. The molecule has 0 radical (unpaired) electrons. The van der Waals surface area contributed by atoms with Gasteiger partial charge in [0.1, 0.15) is 6.17 Å². The van der Waals surface area contributed by atoms with Gasteiger partial charge >= 0.3 is 0 Å². The van der Waals surface area contributed by atoms with Gasteiger partial charge in [0.25, 0.3) is 0 Å². The molecule has 5 rings (SSSR count). The molecule has 2 aromatic carbocycles. The molecule has 0 fully saturated rings. The number of aryl methyl sites for hydroxylation is 2. The molecule has 4 heteroatoms. The van der Waals surface area contributed by atoms with E-state index in [2.05, 4.69) is 99.0 Å². The standard InChI is InChI=1S/C26H30N4/c1-6-20-21(7-2)28-24-23(27-20)29(18-13-9-8-10-14-18)25-17(3)26(4,5)19-15-11-12-16-22(19)30(24)25/h8-17,25H,6-7H2,1-5H3. The van der Waals surface area contributed by atoms with Gasteiger partial charge in [-0.1, -0.05) is 71.0 Å². The molecule has 30 heavy (non-hydrogen) atoms. The summed E-state index contributed by atoms with van der Waals surface area (Å²) in [4.78, 5) is 15.3. The van der Waals surface area contributed by atoms with Crippen molar-refractivity contribution in [2.75, 3.05) is 9.80 Å². The number of rotatable bonds is 3. The first-order valence-electron chi connectivity index (χ1n) is 11.1. The molecule has 2 atom stereocenters. The van der Waals surface area contributed by atoms with Gasteiger partial charge in [-0.2, -0.15) is 0 Å². The molecule has 1 aromatic heterocycles. The SMILES string of the molecule is CCc1nc2c(nc1CC)N1c3ccccc3C(C)(C)C(C)C1N2c1ccccc1. The Kier molecular flexibility index (Phi) is 4.35. The molecule has 0 saturated carbocycles. The van der Waals surface area contributed by atoms with Crippen molar-refractivity contribution < 1.29 is 0 Å². The van der Waals surface area contributed by atoms with Crippen LogP contribution >= 0.6 is 0 Å². The summed E-state index contributed by atoms with van der Waals surface area (Å²) < 4.78 is 0. The Morgan fingerprint density at radius 2 is 1.37 bits per heavy atom. The maximum Gasteiger partial charge on any atom is 0.178 e. The van der Waals surface area contributed by atoms with Gasteiger partial charge in [-0.05, 0) is 42.0 Å². The first-order valence-corrected chi connectivity index (χ1v) is 11.1. The van der Waals surface area contributed by atoms with Gasteiger partial charge in [0.2, 0.25) is 0 Å². The van der Waals surface area contributed by atoms with Crippen molar-refractivity contribution >= 4 is 23.0 Å². The quantitative estimate of drug-likeness (QED) is 0.530. The highest BCUT2D eigenvalue weighted by atomic mass is 15.5. The predicted octanol–water partition coefficient (Wildman–Crippen LogP) is 6.14. The minimum absolute atomic E-state index is 0.0357. The molecule has 0 saturated heterocycles. The summed E-state index contributed by atoms with van der Waals surface area (Å²) in [6, 6.07) is 19.5. The summed E-state index contributed by atoms with van der Waals surface area (Å²) in [6.45, 7) is 11.5. The summed E-state index contributed by atoms with van der Waals surface area (Å²) in [7, 11) is 0. The van der Waals surface area contributed by atoms with Crippen molar-refractivity contribution in [2.45, 2.75) is 59.0 Å². The molecular formula is C26H30N4. The summed E-state index contributed by atoms with van der Waals surface area (Å²) in [6.07, 6.45) is 1.94. The molecule has 0 spiro atoms. The average molecular weight is 399 g/mol. The van der Waals surface area contributed by atoms with Crippen LogP contribution in [0.3, 0.4) is 0 Å². The minimum Gasteiger partial charge on any atom is -0.302 e. The van der Waals surface area contributed by atoms with Crippen molar-refractivity contribution in [2.24, 2.45) is 5.92 Å². The Hall–Kier alpha value is -2.88. The number of para-hydroxylation sites is 2. The first-order chi connectivity index (χ1) is 14.5. The zero-order valence-corrected chi connectivity index (χ0v) is 18.6. The Bertz CT molecular complexity index is 1090. The van der Waals surface area contributed by atoms with Crippen LogP contribution in [0.25, 0.3) is 0 Å². The van der Waals surface area contributed by atoms with E-state index in [0.717, 1.165) is 35.9 Å². The fourth-order valence-electron chi connectivity index (χ4n) is 5.15. The highest BCUT2D eigenvalue weighted by molar-refractivity contribution is 5.86. The second-order valence-corrected chi connectivity index (χ2v) is 8.99. The van der Waals surface area contributed by atoms with E-state index >= 15 is 0 Å². The number of hydrogen-bond acceptors (Lipinski definition) is 4. The largest absolute Gasteiger partial charge is 0.302 e. The van der Waals surface area contributed by atoms with Crippen LogP contribution in [0.2, 0.25) is 0 Å². The summed E-state index contributed by atoms with van der Waals surface area (Å²) in [5.41, 5.74) is 6.07. The zero-order valence-electron chi connectivity index (χ0n) is 18.6. The van der Waals surface area contributed by atoms with E-state index in [-0.39, 0.29) is 11.6 Å². The van der Waals surface area contributed by atoms with Crippen LogP contribution in [-0.2, 0) is 18.3 Å². The second kappa shape index (κ2) is 6.83. The van der Waals surface area contributed by atoms with E-state index < -0.39 is 0 Å². The first kappa shape index (κ1) is 19.1. The van der Waals surface area contributed by atoms with Crippen LogP contribution in [0.4, 0.5) is 23.0 Å². The monoisotopic (exact) mass is 398 g/mol. The van der Waals surface area contributed by atoms with Gasteiger partial charge in [-0.25, -0.2) is 9.97 Å². The van der Waals surface area contributed by atoms with Gasteiger partial charge in [-0.3, -0.25) is 0 Å². The van der Waals surface area contributed by atoms with E-state index in [9.17, 15) is 0 Å². The van der Waals surface area contributed by atoms with Crippen LogP contribution in [0.5, 0.6) is 0 Å². The van der Waals surface area contributed by atoms with Crippen LogP contribution < -0.4 is 9.80 Å². The fraction of sp³-hybridized carbons (Fsp3) is 0.385. The van der Waals surface area contributed by atoms with E-state index in [0.29, 0.717) is 5.92 Å². The highest BCUT2D eigenvalue weighted by Crippen LogP contribution is 2.56. The summed E-state index contributed by atoms with van der Waals surface area (Å²) in [5, 5.41) is 0. The van der Waals surface area contributed by atoms with Crippen molar-refractivity contribution in [3.8, 4) is 0 Å². The van der Waals surface area contributed by atoms with Crippen LogP contribution in [-0.4, -0.2) is 16.1 Å². The number of anilines is 4. The maximum absolute atomic E-state index is 5.21. The second-order valence-electron chi connectivity index (χ2n) is 8.99. The van der Waals surface area contributed by atoms with Gasteiger partial charge in [-0.15, -0.1) is 0 Å². The molecule has 2 aliphatic rings. The van der Waals surface area contributed by atoms with Crippen LogP contribution in [0.1, 0.15) is 51.6 Å². The normalized spacial score (nSPS) is 21.2. The number of nitrogens with zero attached hydrogens (tertiary/aromatic N) is 4. The Balaban J connectivity index is 1.82. The number of aromatic nitrogens is 2. The van der Waals surface area contributed by atoms with Crippen molar-refractivity contribution in [1.29, 1.82) is 0 Å². The predicted molar refractivity (Wildman–Crippen MR) is 124 cm³/mol. The molecular weight excluding hydrogens is 368 g/mol. The molecule has 4 nitrogen and oxygen atoms in total. The lowest BCUT2D eigenvalue weighted by Gasteiger charge is -2.49. The molecule has 0 aliphatic carbocycles. The minimum atomic E-state index is 0.0357. The lowest BCUT2D eigenvalue weighted by atomic mass is 9.69. The smallest absolute Gasteiger partial charge is 0.178 e. The average Bonchev–Trinajstić information content (AvgIpc) is 3.11. The van der Waals surface area contributed by atoms with Gasteiger partial charge in [0.05, 0.1) is 11.4 Å². The lowest BCUT2D eigenvalue weighted by molar-refractivity contribution is 0.279. The molecule has 0 bridgehead atoms. The van der Waals surface area contributed by atoms with E-state index in [1.807, 2.05) is 0 Å². The topological polar surface area (TPSA) is 32.3 Å². The third-order valence-corrected chi connectivity index (χ3v) is 7.15. The molecule has 2 aliphatic heterocycles. The number of fused-ring (bicyclic) bond motifs is 5. The maximum atomic E-state index is 5.21. The highest BCUT2D eigenvalue weighted by Gasteiger charge is 2.52. The Morgan fingerprint density at radius 1 is 0.800 bits per heavy atom. The Labute approximate surface area is 179 Å². The van der Waals surface area contributed by atoms with Gasteiger partial charge in [0.15, 0.2) is 11.6 Å². The molecule has 154 valence electrons. The number of benzene rings is 2. The van der Waals surface area contributed by atoms with E-state index in [1.165, 1.54) is 16.9 Å². The number of hydrogen-bond donors (Lipinski definition) is 0. The Morgan fingerprint density at radius 3 is 2.00 bits per heavy atom. The fourth-order valence-corrected chi connectivity index (χ4v) is 5.15. The molecule has 3 aromatic rings. The summed E-state index contributed by atoms with van der Waals surface area (Å²) in [5.74, 6) is 2.35. The van der Waals surface area contributed by atoms with Crippen molar-refractivity contribution in [3.63, 3.8) is 0 Å². The van der Waals surface area contributed by atoms with Gasteiger partial charge in [0, 0.05) is 17.3 Å². The lowest BCUT2D eigenvalue weighted by Crippen LogP contribution is -2.53. The van der Waals surface area contributed by atoms with E-state index in [1.54, 1.807) is 0 Å².